The molecule has 0 unspecified atom stereocenters. The molecule has 0 fully saturated rings. The van der Waals surface area contributed by atoms with Crippen LogP contribution in [0.1, 0.15) is 26.4 Å². The number of ether oxygens (including phenoxy) is 2. The van der Waals surface area contributed by atoms with E-state index in [1.165, 1.54) is 44.7 Å². The molecule has 0 spiro atoms. The third-order valence-electron chi connectivity index (χ3n) is 2.68. The monoisotopic (exact) mass is 306 g/mol. The number of hydrogen-bond acceptors (Lipinski definition) is 6. The first-order valence-corrected chi connectivity index (χ1v) is 6.24. The first-order chi connectivity index (χ1) is 10.1. The van der Waals surface area contributed by atoms with E-state index in [0.717, 1.165) is 0 Å². The maximum atomic E-state index is 12.3. The molecule has 1 aromatic heterocycles. The standard InChI is InChI=1S/C14H11ClN2O4/c1-20-13(19)9-7-8(3-4-10(9)15)12(18)11-5-6-16-14(17-11)21-2/h3-7H,1-2H3. The maximum absolute atomic E-state index is 12.3. The normalized spacial score (nSPS) is 10.0. The Morgan fingerprint density at radius 1 is 1.19 bits per heavy atom. The molecule has 1 heterocycles. The fourth-order valence-corrected chi connectivity index (χ4v) is 1.84. The number of aromatic nitrogens is 2. The summed E-state index contributed by atoms with van der Waals surface area (Å²) in [7, 11) is 2.64. The molecule has 2 rings (SSSR count). The molecule has 21 heavy (non-hydrogen) atoms. The minimum Gasteiger partial charge on any atom is -0.467 e. The van der Waals surface area contributed by atoms with Gasteiger partial charge in [-0.1, -0.05) is 11.6 Å². The molecule has 0 aliphatic carbocycles. The first-order valence-electron chi connectivity index (χ1n) is 5.86. The van der Waals surface area contributed by atoms with E-state index in [1.807, 2.05) is 0 Å². The van der Waals surface area contributed by atoms with Gasteiger partial charge in [-0.2, -0.15) is 4.98 Å². The number of methoxy groups -OCH3 is 2. The number of hydrogen-bond donors (Lipinski definition) is 0. The molecule has 1 aromatic carbocycles. The Morgan fingerprint density at radius 2 is 1.95 bits per heavy atom. The summed E-state index contributed by atoms with van der Waals surface area (Å²) in [4.78, 5) is 31.7. The van der Waals surface area contributed by atoms with Crippen LogP contribution in [-0.2, 0) is 4.74 Å². The lowest BCUT2D eigenvalue weighted by atomic mass is 10.0. The van der Waals surface area contributed by atoms with Gasteiger partial charge in [-0.05, 0) is 24.3 Å². The van der Waals surface area contributed by atoms with Gasteiger partial charge in [-0.25, -0.2) is 9.78 Å². The molecule has 108 valence electrons. The minimum atomic E-state index is -0.616. The summed E-state index contributed by atoms with van der Waals surface area (Å²) in [5.74, 6) is -0.993. The molecule has 0 saturated carbocycles. The van der Waals surface area contributed by atoms with Gasteiger partial charge < -0.3 is 9.47 Å². The molecule has 0 aliphatic rings. The summed E-state index contributed by atoms with van der Waals surface area (Å²) in [5.41, 5.74) is 0.534. The van der Waals surface area contributed by atoms with Crippen molar-refractivity contribution in [3.05, 3.63) is 52.3 Å². The van der Waals surface area contributed by atoms with Gasteiger partial charge >= 0.3 is 12.0 Å². The van der Waals surface area contributed by atoms with Crippen LogP contribution in [0.5, 0.6) is 6.01 Å². The number of ketones is 1. The minimum absolute atomic E-state index is 0.0861. The van der Waals surface area contributed by atoms with E-state index in [4.69, 9.17) is 16.3 Å². The van der Waals surface area contributed by atoms with Crippen LogP contribution in [0.25, 0.3) is 0 Å². The van der Waals surface area contributed by atoms with Crippen LogP contribution in [0.15, 0.2) is 30.5 Å². The number of benzene rings is 1. The largest absolute Gasteiger partial charge is 0.467 e. The summed E-state index contributed by atoms with van der Waals surface area (Å²) in [6, 6.07) is 5.87. The average Bonchev–Trinajstić information content (AvgIpc) is 2.54. The Bertz CT molecular complexity index is 703. The highest BCUT2D eigenvalue weighted by atomic mass is 35.5. The van der Waals surface area contributed by atoms with Crippen LogP contribution in [-0.4, -0.2) is 35.9 Å². The number of carbonyl (C=O) groups excluding carboxylic acids is 2. The Labute approximate surface area is 125 Å². The van der Waals surface area contributed by atoms with Crippen molar-refractivity contribution in [3.8, 4) is 6.01 Å². The highest BCUT2D eigenvalue weighted by Crippen LogP contribution is 2.20. The van der Waals surface area contributed by atoms with Crippen LogP contribution in [0.4, 0.5) is 0 Å². The van der Waals surface area contributed by atoms with E-state index in [-0.39, 0.29) is 33.6 Å². The lowest BCUT2D eigenvalue weighted by Crippen LogP contribution is -2.09. The van der Waals surface area contributed by atoms with Crippen LogP contribution in [0.2, 0.25) is 5.02 Å². The van der Waals surface area contributed by atoms with Crippen LogP contribution >= 0.6 is 11.6 Å². The van der Waals surface area contributed by atoms with Crippen molar-refractivity contribution >= 4 is 23.4 Å². The fourth-order valence-electron chi connectivity index (χ4n) is 1.65. The van der Waals surface area contributed by atoms with Gasteiger partial charge in [0.25, 0.3) is 0 Å². The van der Waals surface area contributed by atoms with E-state index < -0.39 is 5.97 Å². The lowest BCUT2D eigenvalue weighted by molar-refractivity contribution is 0.0601. The SMILES string of the molecule is COC(=O)c1cc(C(=O)c2ccnc(OC)n2)ccc1Cl. The van der Waals surface area contributed by atoms with Gasteiger partial charge in [0.05, 0.1) is 24.8 Å². The topological polar surface area (TPSA) is 78.4 Å². The molecule has 6 nitrogen and oxygen atoms in total. The van der Waals surface area contributed by atoms with E-state index in [2.05, 4.69) is 14.7 Å². The van der Waals surface area contributed by atoms with Gasteiger partial charge in [0.2, 0.25) is 5.78 Å². The van der Waals surface area contributed by atoms with E-state index in [1.54, 1.807) is 0 Å². The summed E-state index contributed by atoms with van der Waals surface area (Å²) >= 11 is 5.91. The van der Waals surface area contributed by atoms with Gasteiger partial charge in [0, 0.05) is 11.8 Å². The molecule has 7 heteroatoms. The number of halogens is 1. The number of carbonyl (C=O) groups is 2. The molecular weight excluding hydrogens is 296 g/mol. The van der Waals surface area contributed by atoms with Crippen molar-refractivity contribution in [2.75, 3.05) is 14.2 Å². The summed E-state index contributed by atoms with van der Waals surface area (Å²) in [6.45, 7) is 0. The summed E-state index contributed by atoms with van der Waals surface area (Å²) < 4.78 is 9.48. The third kappa shape index (κ3) is 3.17. The molecule has 0 radical (unpaired) electrons. The van der Waals surface area contributed by atoms with Crippen molar-refractivity contribution in [3.63, 3.8) is 0 Å². The smallest absolute Gasteiger partial charge is 0.339 e. The van der Waals surface area contributed by atoms with Crippen LogP contribution in [0, 0.1) is 0 Å². The fraction of sp³-hybridized carbons (Fsp3) is 0.143. The van der Waals surface area contributed by atoms with Gasteiger partial charge in [0.1, 0.15) is 5.69 Å². The number of rotatable bonds is 4. The van der Waals surface area contributed by atoms with Gasteiger partial charge in [-0.15, -0.1) is 0 Å². The summed E-state index contributed by atoms with van der Waals surface area (Å²) in [6.07, 6.45) is 1.41. The maximum Gasteiger partial charge on any atom is 0.339 e. The highest BCUT2D eigenvalue weighted by Gasteiger charge is 2.17. The molecule has 0 aliphatic heterocycles. The second-order valence-corrected chi connectivity index (χ2v) is 4.35. The molecule has 0 saturated heterocycles. The van der Waals surface area contributed by atoms with Crippen molar-refractivity contribution < 1.29 is 19.1 Å². The second kappa shape index (κ2) is 6.32. The van der Waals surface area contributed by atoms with Crippen molar-refractivity contribution in [1.82, 2.24) is 9.97 Å². The Balaban J connectivity index is 2.41. The molecular formula is C14H11ClN2O4. The molecule has 0 amide bonds. The zero-order valence-electron chi connectivity index (χ0n) is 11.3. The first kappa shape index (κ1) is 14.9. The van der Waals surface area contributed by atoms with Crippen LogP contribution in [0.3, 0.4) is 0 Å². The van der Waals surface area contributed by atoms with E-state index >= 15 is 0 Å². The van der Waals surface area contributed by atoms with E-state index in [9.17, 15) is 9.59 Å². The predicted molar refractivity (Wildman–Crippen MR) is 74.8 cm³/mol. The van der Waals surface area contributed by atoms with E-state index in [0.29, 0.717) is 0 Å². The van der Waals surface area contributed by atoms with Gasteiger partial charge in [-0.3, -0.25) is 4.79 Å². The summed E-state index contributed by atoms with van der Waals surface area (Å²) in [5, 5.41) is 0.207. The zero-order chi connectivity index (χ0) is 15.4. The number of esters is 1. The van der Waals surface area contributed by atoms with Crippen molar-refractivity contribution in [2.45, 2.75) is 0 Å². The Hall–Kier alpha value is -2.47. The Kier molecular flexibility index (Phi) is 4.49. The quantitative estimate of drug-likeness (QED) is 0.636. The predicted octanol–water partition coefficient (Wildman–Crippen LogP) is 2.16. The van der Waals surface area contributed by atoms with Crippen LogP contribution < -0.4 is 4.74 Å². The second-order valence-electron chi connectivity index (χ2n) is 3.94. The molecule has 0 atom stereocenters. The third-order valence-corrected chi connectivity index (χ3v) is 3.01. The molecule has 2 aromatic rings. The highest BCUT2D eigenvalue weighted by molar-refractivity contribution is 6.33. The number of nitrogens with zero attached hydrogens (tertiary/aromatic N) is 2. The zero-order valence-corrected chi connectivity index (χ0v) is 12.0. The van der Waals surface area contributed by atoms with Crippen molar-refractivity contribution in [2.24, 2.45) is 0 Å². The van der Waals surface area contributed by atoms with Gasteiger partial charge in [0.15, 0.2) is 0 Å². The lowest BCUT2D eigenvalue weighted by Gasteiger charge is -2.06. The average molecular weight is 307 g/mol. The molecule has 0 bridgehead atoms. The molecule has 0 N–H and O–H groups in total. The van der Waals surface area contributed by atoms with Crippen molar-refractivity contribution in [1.29, 1.82) is 0 Å². The Morgan fingerprint density at radius 3 is 2.62 bits per heavy atom.